The second-order valence-corrected chi connectivity index (χ2v) is 12.5. The van der Waals surface area contributed by atoms with Gasteiger partial charge in [-0.25, -0.2) is 9.67 Å². The lowest BCUT2D eigenvalue weighted by Crippen LogP contribution is -2.12. The van der Waals surface area contributed by atoms with Crippen LogP contribution in [0.5, 0.6) is 23.0 Å². The molecule has 47 heavy (non-hydrogen) atoms. The summed E-state index contributed by atoms with van der Waals surface area (Å²) in [5.41, 5.74) is 6.05. The second-order valence-electron chi connectivity index (χ2n) is 12.5. The van der Waals surface area contributed by atoms with E-state index in [2.05, 4.69) is 79.0 Å². The van der Waals surface area contributed by atoms with Crippen molar-refractivity contribution in [1.29, 1.82) is 0 Å². The van der Waals surface area contributed by atoms with Gasteiger partial charge in [-0.05, 0) is 79.4 Å². The van der Waals surface area contributed by atoms with E-state index in [1.165, 1.54) is 10.9 Å². The van der Waals surface area contributed by atoms with Crippen molar-refractivity contribution < 1.29 is 14.2 Å². The van der Waals surface area contributed by atoms with Gasteiger partial charge >= 0.3 is 0 Å². The van der Waals surface area contributed by atoms with Crippen LogP contribution in [0.15, 0.2) is 116 Å². The first-order valence-corrected chi connectivity index (χ1v) is 16.1. The van der Waals surface area contributed by atoms with Crippen molar-refractivity contribution in [2.24, 2.45) is 0 Å². The van der Waals surface area contributed by atoms with Gasteiger partial charge in [0.2, 0.25) is 0 Å². The molecule has 7 aromatic rings. The van der Waals surface area contributed by atoms with Gasteiger partial charge < -0.3 is 14.2 Å². The molecule has 236 valence electrons. The smallest absolute Gasteiger partial charge is 0.137 e. The summed E-state index contributed by atoms with van der Waals surface area (Å²) >= 11 is 0. The molecule has 7 rings (SSSR count). The molecular weight excluding hydrogens is 584 g/mol. The summed E-state index contributed by atoms with van der Waals surface area (Å²) in [6.07, 6.45) is 5.72. The van der Waals surface area contributed by atoms with Crippen LogP contribution in [0.2, 0.25) is 0 Å². The van der Waals surface area contributed by atoms with Crippen LogP contribution in [-0.2, 0) is 5.41 Å². The zero-order chi connectivity index (χ0) is 32.5. The van der Waals surface area contributed by atoms with Crippen LogP contribution < -0.4 is 14.2 Å². The minimum absolute atomic E-state index is 0.00330. The van der Waals surface area contributed by atoms with Crippen molar-refractivity contribution in [3.8, 4) is 45.6 Å². The molecular formula is C40H38N4O3. The van der Waals surface area contributed by atoms with Crippen LogP contribution in [0.3, 0.4) is 0 Å². The molecule has 7 nitrogen and oxygen atoms in total. The third kappa shape index (κ3) is 5.81. The lowest BCUT2D eigenvalue weighted by molar-refractivity contribution is 0.326. The zero-order valence-corrected chi connectivity index (χ0v) is 27.4. The van der Waals surface area contributed by atoms with E-state index < -0.39 is 0 Å². The second kappa shape index (κ2) is 12.3. The van der Waals surface area contributed by atoms with Gasteiger partial charge in [-0.2, -0.15) is 5.10 Å². The maximum absolute atomic E-state index is 6.49. The third-order valence-corrected chi connectivity index (χ3v) is 8.26. The highest BCUT2D eigenvalue weighted by atomic mass is 16.5. The number of aromatic nitrogens is 4. The highest BCUT2D eigenvalue weighted by Gasteiger charge is 2.19. The summed E-state index contributed by atoms with van der Waals surface area (Å²) < 4.78 is 22.4. The van der Waals surface area contributed by atoms with Gasteiger partial charge in [-0.15, -0.1) is 0 Å². The van der Waals surface area contributed by atoms with Crippen molar-refractivity contribution >= 4 is 21.8 Å². The van der Waals surface area contributed by atoms with E-state index in [1.807, 2.05) is 85.7 Å². The number of benzene rings is 4. The minimum atomic E-state index is 0.00330. The first-order valence-electron chi connectivity index (χ1n) is 16.1. The normalized spacial score (nSPS) is 11.7. The van der Waals surface area contributed by atoms with Crippen molar-refractivity contribution in [2.75, 3.05) is 13.2 Å². The molecule has 7 heteroatoms. The minimum Gasteiger partial charge on any atom is -0.493 e. The third-order valence-electron chi connectivity index (χ3n) is 8.26. The van der Waals surface area contributed by atoms with E-state index in [9.17, 15) is 0 Å². The fourth-order valence-electron chi connectivity index (χ4n) is 6.03. The Morgan fingerprint density at radius 2 is 1.43 bits per heavy atom. The molecule has 0 N–H and O–H groups in total. The standard InChI is InChI=1S/C40H38N4O3/c1-6-45-36-16-11-17-37(46-7-2)39(36)27-25-42-43(26-27)29-12-10-13-30(23-29)47-31-18-19-33-32-14-8-9-15-34(32)44(35(33)24-31)38-22-28(20-21-41-38)40(3,4)5/h8-26H,6-7H2,1-5H3. The van der Waals surface area contributed by atoms with E-state index in [0.29, 0.717) is 19.0 Å². The quantitative estimate of drug-likeness (QED) is 0.160. The van der Waals surface area contributed by atoms with Gasteiger partial charge in [0, 0.05) is 40.9 Å². The number of hydrogen-bond acceptors (Lipinski definition) is 5. The van der Waals surface area contributed by atoms with Crippen molar-refractivity contribution in [3.05, 3.63) is 121 Å². The number of para-hydroxylation sites is 1. The first-order chi connectivity index (χ1) is 22.8. The van der Waals surface area contributed by atoms with Gasteiger partial charge in [-0.3, -0.25) is 4.57 Å². The van der Waals surface area contributed by atoms with Crippen LogP contribution >= 0.6 is 0 Å². The molecule has 4 aromatic carbocycles. The average molecular weight is 623 g/mol. The molecule has 0 spiro atoms. The van der Waals surface area contributed by atoms with E-state index in [1.54, 1.807) is 0 Å². The van der Waals surface area contributed by atoms with Crippen molar-refractivity contribution in [1.82, 2.24) is 19.3 Å². The van der Waals surface area contributed by atoms with Crippen LogP contribution in [0, 0.1) is 0 Å². The summed E-state index contributed by atoms with van der Waals surface area (Å²) in [6, 6.07) is 32.8. The number of hydrogen-bond donors (Lipinski definition) is 0. The summed E-state index contributed by atoms with van der Waals surface area (Å²) in [7, 11) is 0. The number of fused-ring (bicyclic) bond motifs is 3. The molecule has 0 aliphatic rings. The average Bonchev–Trinajstić information content (AvgIpc) is 3.68. The Balaban J connectivity index is 1.24. The van der Waals surface area contributed by atoms with Gasteiger partial charge in [0.25, 0.3) is 0 Å². The fourth-order valence-corrected chi connectivity index (χ4v) is 6.03. The van der Waals surface area contributed by atoms with E-state index in [-0.39, 0.29) is 5.41 Å². The van der Waals surface area contributed by atoms with E-state index in [4.69, 9.17) is 19.2 Å². The number of rotatable bonds is 9. The molecule has 0 saturated carbocycles. The SMILES string of the molecule is CCOc1cccc(OCC)c1-c1cnn(-c2cccc(Oc3ccc4c5ccccc5n(-c5cc(C(C)(C)C)ccn5)c4c3)c2)c1. The Bertz CT molecular complexity index is 2180. The van der Waals surface area contributed by atoms with Gasteiger partial charge in [0.05, 0.1) is 41.7 Å². The van der Waals surface area contributed by atoms with Crippen LogP contribution in [0.25, 0.3) is 44.4 Å². The van der Waals surface area contributed by atoms with Crippen molar-refractivity contribution in [3.63, 3.8) is 0 Å². The lowest BCUT2D eigenvalue weighted by atomic mass is 9.88. The monoisotopic (exact) mass is 622 g/mol. The molecule has 0 bridgehead atoms. The van der Waals surface area contributed by atoms with Gasteiger partial charge in [0.1, 0.15) is 28.8 Å². The van der Waals surface area contributed by atoms with Gasteiger partial charge in [-0.1, -0.05) is 51.1 Å². The summed E-state index contributed by atoms with van der Waals surface area (Å²) in [5.74, 6) is 3.86. The molecule has 0 fully saturated rings. The predicted molar refractivity (Wildman–Crippen MR) is 189 cm³/mol. The Kier molecular flexibility index (Phi) is 7.90. The number of nitrogens with zero attached hydrogens (tertiary/aromatic N) is 4. The molecule has 0 saturated heterocycles. The molecule has 0 amide bonds. The Labute approximate surface area is 275 Å². The fraction of sp³-hybridized carbons (Fsp3) is 0.200. The summed E-state index contributed by atoms with van der Waals surface area (Å²) in [5, 5.41) is 7.01. The first kappa shape index (κ1) is 30.1. The van der Waals surface area contributed by atoms with Crippen LogP contribution in [0.1, 0.15) is 40.2 Å². The van der Waals surface area contributed by atoms with Crippen LogP contribution in [-0.4, -0.2) is 32.5 Å². The van der Waals surface area contributed by atoms with E-state index in [0.717, 1.165) is 56.3 Å². The highest BCUT2D eigenvalue weighted by molar-refractivity contribution is 6.09. The molecule has 0 aliphatic carbocycles. The molecule has 0 unspecified atom stereocenters. The molecule has 0 radical (unpaired) electrons. The number of ether oxygens (including phenoxy) is 3. The Morgan fingerprint density at radius 1 is 0.702 bits per heavy atom. The van der Waals surface area contributed by atoms with E-state index >= 15 is 0 Å². The molecule has 3 heterocycles. The summed E-state index contributed by atoms with van der Waals surface area (Å²) in [6.45, 7) is 11.7. The largest absolute Gasteiger partial charge is 0.493 e. The predicted octanol–water partition coefficient (Wildman–Crippen LogP) is 9.92. The topological polar surface area (TPSA) is 63.3 Å². The number of pyridine rings is 1. The Hall–Kier alpha value is -5.56. The molecule has 3 aromatic heterocycles. The molecule has 0 atom stereocenters. The van der Waals surface area contributed by atoms with Gasteiger partial charge in [0.15, 0.2) is 0 Å². The maximum Gasteiger partial charge on any atom is 0.137 e. The molecule has 0 aliphatic heterocycles. The maximum atomic E-state index is 6.49. The Morgan fingerprint density at radius 3 is 2.19 bits per heavy atom. The lowest BCUT2D eigenvalue weighted by Gasteiger charge is -2.20. The summed E-state index contributed by atoms with van der Waals surface area (Å²) in [4.78, 5) is 4.81. The van der Waals surface area contributed by atoms with Crippen LogP contribution in [0.4, 0.5) is 0 Å². The highest BCUT2D eigenvalue weighted by Crippen LogP contribution is 2.39. The zero-order valence-electron chi connectivity index (χ0n) is 27.4. The van der Waals surface area contributed by atoms with Crippen molar-refractivity contribution in [2.45, 2.75) is 40.0 Å².